The van der Waals surface area contributed by atoms with Gasteiger partial charge in [-0.3, -0.25) is 4.99 Å². The maximum atomic E-state index is 5.55. The first-order valence-corrected chi connectivity index (χ1v) is 6.24. The van der Waals surface area contributed by atoms with Crippen LogP contribution in [0.1, 0.15) is 34.6 Å². The molecule has 4 heteroatoms. The maximum Gasteiger partial charge on any atom is 0.155 e. The lowest BCUT2D eigenvalue weighted by molar-refractivity contribution is 0.0696. The van der Waals surface area contributed by atoms with Crippen LogP contribution in [0.2, 0.25) is 0 Å². The Bertz CT molecular complexity index is 341. The second kappa shape index (κ2) is 6.55. The Morgan fingerprint density at radius 1 is 1.47 bits per heavy atom. The molecule has 96 valence electrons. The summed E-state index contributed by atoms with van der Waals surface area (Å²) in [5, 5.41) is 0. The van der Waals surface area contributed by atoms with Gasteiger partial charge in [-0.1, -0.05) is 0 Å². The smallest absolute Gasteiger partial charge is 0.155 e. The Kier molecular flexibility index (Phi) is 5.35. The summed E-state index contributed by atoms with van der Waals surface area (Å²) in [6.07, 6.45) is 2.04. The first-order valence-electron chi connectivity index (χ1n) is 6.24. The fourth-order valence-corrected chi connectivity index (χ4v) is 1.79. The predicted octanol–water partition coefficient (Wildman–Crippen LogP) is 2.47. The van der Waals surface area contributed by atoms with Gasteiger partial charge in [0.1, 0.15) is 5.70 Å². The highest BCUT2D eigenvalue weighted by molar-refractivity contribution is 6.09. The third-order valence-electron chi connectivity index (χ3n) is 2.50. The molecular weight excluding hydrogens is 214 g/mol. The molecule has 0 saturated heterocycles. The Morgan fingerprint density at radius 2 is 2.18 bits per heavy atom. The Labute approximate surface area is 104 Å². The molecule has 0 fully saturated rings. The molecule has 17 heavy (non-hydrogen) atoms. The van der Waals surface area contributed by atoms with E-state index in [9.17, 15) is 0 Å². The van der Waals surface area contributed by atoms with Crippen molar-refractivity contribution in [2.75, 3.05) is 19.7 Å². The van der Waals surface area contributed by atoms with E-state index in [-0.39, 0.29) is 6.10 Å². The molecule has 1 rings (SSSR count). The van der Waals surface area contributed by atoms with E-state index in [1.807, 2.05) is 20.2 Å². The van der Waals surface area contributed by atoms with Crippen molar-refractivity contribution in [2.24, 2.45) is 9.98 Å². The highest BCUT2D eigenvalue weighted by Gasteiger charge is 2.22. The molecular formula is C13H23N3O. The van der Waals surface area contributed by atoms with Crippen LogP contribution in [0.15, 0.2) is 21.3 Å². The van der Waals surface area contributed by atoms with Gasteiger partial charge in [0, 0.05) is 13.2 Å². The second-order valence-corrected chi connectivity index (χ2v) is 4.31. The van der Waals surface area contributed by atoms with Crippen molar-refractivity contribution in [2.45, 2.75) is 40.7 Å². The number of rotatable bonds is 5. The molecule has 1 heterocycles. The standard InChI is InChI=1S/C13H23N3O/c1-6-14-13-12(10(3)4)15-9-16(13)8-11(5)17-7-2/h9,11H,6-8H2,1-5H3/b14-13+/t11-/m1/s1. The van der Waals surface area contributed by atoms with Gasteiger partial charge >= 0.3 is 0 Å². The van der Waals surface area contributed by atoms with E-state index < -0.39 is 0 Å². The SMILES string of the molecule is CC/N=C1\C(=C(C)C)N=CN1C[C@@H](C)OCC. The van der Waals surface area contributed by atoms with E-state index in [4.69, 9.17) is 4.74 Å². The van der Waals surface area contributed by atoms with Crippen molar-refractivity contribution >= 4 is 12.2 Å². The zero-order valence-corrected chi connectivity index (χ0v) is 11.5. The fourth-order valence-electron chi connectivity index (χ4n) is 1.79. The summed E-state index contributed by atoms with van der Waals surface area (Å²) in [6, 6.07) is 0. The number of ether oxygens (including phenoxy) is 1. The van der Waals surface area contributed by atoms with Gasteiger partial charge in [-0.2, -0.15) is 0 Å². The lowest BCUT2D eigenvalue weighted by atomic mass is 10.2. The largest absolute Gasteiger partial charge is 0.377 e. The van der Waals surface area contributed by atoms with E-state index in [2.05, 4.69) is 35.7 Å². The van der Waals surface area contributed by atoms with Crippen LogP contribution in [-0.4, -0.2) is 42.9 Å². The lowest BCUT2D eigenvalue weighted by Crippen LogP contribution is -2.34. The van der Waals surface area contributed by atoms with Crippen LogP contribution in [0.25, 0.3) is 0 Å². The molecule has 4 nitrogen and oxygen atoms in total. The number of hydrogen-bond acceptors (Lipinski definition) is 3. The van der Waals surface area contributed by atoms with Crippen LogP contribution in [-0.2, 0) is 4.74 Å². The van der Waals surface area contributed by atoms with E-state index in [1.165, 1.54) is 5.57 Å². The van der Waals surface area contributed by atoms with Gasteiger partial charge in [-0.05, 0) is 40.2 Å². The molecule has 1 aliphatic heterocycles. The van der Waals surface area contributed by atoms with E-state index >= 15 is 0 Å². The average Bonchev–Trinajstić information content (AvgIpc) is 2.63. The molecule has 0 saturated carbocycles. The molecule has 0 unspecified atom stereocenters. The second-order valence-electron chi connectivity index (χ2n) is 4.31. The molecule has 0 spiro atoms. The maximum absolute atomic E-state index is 5.55. The van der Waals surface area contributed by atoms with Crippen LogP contribution < -0.4 is 0 Å². The third kappa shape index (κ3) is 3.66. The topological polar surface area (TPSA) is 37.2 Å². The van der Waals surface area contributed by atoms with Crippen molar-refractivity contribution in [1.82, 2.24) is 4.90 Å². The molecule has 0 bridgehead atoms. The minimum absolute atomic E-state index is 0.185. The first-order chi connectivity index (χ1) is 8.10. The number of allylic oxidation sites excluding steroid dienone is 1. The average molecular weight is 237 g/mol. The molecule has 0 radical (unpaired) electrons. The van der Waals surface area contributed by atoms with Crippen LogP contribution in [0.3, 0.4) is 0 Å². The predicted molar refractivity (Wildman–Crippen MR) is 72.6 cm³/mol. The van der Waals surface area contributed by atoms with Crippen molar-refractivity contribution in [1.29, 1.82) is 0 Å². The number of amidine groups is 1. The summed E-state index contributed by atoms with van der Waals surface area (Å²) in [5.74, 6) is 0.971. The lowest BCUT2D eigenvalue weighted by Gasteiger charge is -2.20. The highest BCUT2D eigenvalue weighted by atomic mass is 16.5. The fraction of sp³-hybridized carbons (Fsp3) is 0.692. The van der Waals surface area contributed by atoms with Crippen molar-refractivity contribution < 1.29 is 4.74 Å². The minimum Gasteiger partial charge on any atom is -0.377 e. The van der Waals surface area contributed by atoms with Gasteiger partial charge in [0.25, 0.3) is 0 Å². The molecule has 0 aromatic carbocycles. The molecule has 1 aliphatic rings. The number of nitrogens with zero attached hydrogens (tertiary/aromatic N) is 3. The van der Waals surface area contributed by atoms with E-state index in [0.717, 1.165) is 31.2 Å². The van der Waals surface area contributed by atoms with Gasteiger partial charge < -0.3 is 9.64 Å². The Hall–Kier alpha value is -1.16. The van der Waals surface area contributed by atoms with Gasteiger partial charge in [0.15, 0.2) is 5.84 Å². The monoisotopic (exact) mass is 237 g/mol. The Balaban J connectivity index is 2.78. The third-order valence-corrected chi connectivity index (χ3v) is 2.50. The van der Waals surface area contributed by atoms with Crippen LogP contribution in [0, 0.1) is 0 Å². The molecule has 0 amide bonds. The molecule has 1 atom stereocenters. The highest BCUT2D eigenvalue weighted by Crippen LogP contribution is 2.17. The first kappa shape index (κ1) is 13.9. The van der Waals surface area contributed by atoms with Crippen LogP contribution in [0.5, 0.6) is 0 Å². The summed E-state index contributed by atoms with van der Waals surface area (Å²) in [7, 11) is 0. The number of aliphatic imine (C=N–C) groups is 2. The quantitative estimate of drug-likeness (QED) is 0.736. The van der Waals surface area contributed by atoms with Gasteiger partial charge in [0.05, 0.1) is 19.0 Å². The summed E-state index contributed by atoms with van der Waals surface area (Å²) in [4.78, 5) is 11.0. The summed E-state index contributed by atoms with van der Waals surface area (Å²) >= 11 is 0. The molecule has 0 aliphatic carbocycles. The molecule has 0 N–H and O–H groups in total. The van der Waals surface area contributed by atoms with Crippen molar-refractivity contribution in [3.8, 4) is 0 Å². The van der Waals surface area contributed by atoms with Gasteiger partial charge in [0.2, 0.25) is 0 Å². The van der Waals surface area contributed by atoms with Gasteiger partial charge in [-0.15, -0.1) is 0 Å². The van der Waals surface area contributed by atoms with Crippen molar-refractivity contribution in [3.63, 3.8) is 0 Å². The molecule has 0 aromatic rings. The van der Waals surface area contributed by atoms with Crippen LogP contribution >= 0.6 is 0 Å². The van der Waals surface area contributed by atoms with E-state index in [1.54, 1.807) is 0 Å². The van der Waals surface area contributed by atoms with Crippen LogP contribution in [0.4, 0.5) is 0 Å². The zero-order valence-electron chi connectivity index (χ0n) is 11.5. The minimum atomic E-state index is 0.185. The Morgan fingerprint density at radius 3 is 2.71 bits per heavy atom. The summed E-state index contributed by atoms with van der Waals surface area (Å²) in [5.41, 5.74) is 2.19. The van der Waals surface area contributed by atoms with Gasteiger partial charge in [-0.25, -0.2) is 4.99 Å². The number of hydrogen-bond donors (Lipinski definition) is 0. The van der Waals surface area contributed by atoms with Crippen molar-refractivity contribution in [3.05, 3.63) is 11.3 Å². The van der Waals surface area contributed by atoms with E-state index in [0.29, 0.717) is 0 Å². The summed E-state index contributed by atoms with van der Waals surface area (Å²) in [6.45, 7) is 12.6. The zero-order chi connectivity index (χ0) is 12.8. The molecule has 0 aromatic heterocycles. The normalized spacial score (nSPS) is 19.2. The summed E-state index contributed by atoms with van der Waals surface area (Å²) < 4.78 is 5.55.